The van der Waals surface area contributed by atoms with Gasteiger partial charge in [-0.05, 0) is 43.1 Å². The molecule has 1 aliphatic rings. The first-order chi connectivity index (χ1) is 10.8. The summed E-state index contributed by atoms with van der Waals surface area (Å²) in [6.07, 6.45) is 2.29. The topological polar surface area (TPSA) is 60.9 Å². The molecule has 1 amide bonds. The molecule has 0 radical (unpaired) electrons. The van der Waals surface area contributed by atoms with Crippen molar-refractivity contribution in [3.05, 3.63) is 16.7 Å². The Morgan fingerprint density at radius 3 is 2.87 bits per heavy atom. The first-order valence-corrected chi connectivity index (χ1v) is 8.38. The molecule has 2 heterocycles. The van der Waals surface area contributed by atoms with E-state index >= 15 is 0 Å². The number of hydrogen-bond acceptors (Lipinski definition) is 5. The fourth-order valence-corrected chi connectivity index (χ4v) is 2.63. The smallest absolute Gasteiger partial charge is 0.410 e. The monoisotopic (exact) mass is 386 g/mol. The Labute approximate surface area is 145 Å². The van der Waals surface area contributed by atoms with Gasteiger partial charge < -0.3 is 19.1 Å². The SMILES string of the molecule is COc1cc(Br)cnc1OC[C@H]1CCN(C(=O)OC(C)(C)C)C1. The minimum Gasteiger partial charge on any atom is -0.491 e. The molecule has 0 aliphatic carbocycles. The Hall–Kier alpha value is -1.50. The normalized spacial score (nSPS) is 18.0. The van der Waals surface area contributed by atoms with Gasteiger partial charge in [0.15, 0.2) is 5.75 Å². The van der Waals surface area contributed by atoms with Crippen LogP contribution < -0.4 is 9.47 Å². The van der Waals surface area contributed by atoms with Crippen LogP contribution in [0.5, 0.6) is 11.6 Å². The molecule has 0 spiro atoms. The van der Waals surface area contributed by atoms with Gasteiger partial charge >= 0.3 is 6.09 Å². The van der Waals surface area contributed by atoms with E-state index in [9.17, 15) is 4.79 Å². The number of ether oxygens (including phenoxy) is 3. The zero-order valence-electron chi connectivity index (χ0n) is 14.0. The Kier molecular flexibility index (Phi) is 5.73. The summed E-state index contributed by atoms with van der Waals surface area (Å²) < 4.78 is 17.2. The second kappa shape index (κ2) is 7.38. The largest absolute Gasteiger partial charge is 0.491 e. The number of aromatic nitrogens is 1. The molecule has 1 aliphatic heterocycles. The zero-order valence-corrected chi connectivity index (χ0v) is 15.6. The Morgan fingerprint density at radius 1 is 1.48 bits per heavy atom. The van der Waals surface area contributed by atoms with Crippen molar-refractivity contribution in [3.8, 4) is 11.6 Å². The van der Waals surface area contributed by atoms with Crippen LogP contribution in [0.15, 0.2) is 16.7 Å². The molecule has 7 heteroatoms. The highest BCUT2D eigenvalue weighted by molar-refractivity contribution is 9.10. The van der Waals surface area contributed by atoms with Crippen LogP contribution in [-0.2, 0) is 4.74 Å². The lowest BCUT2D eigenvalue weighted by atomic mass is 10.1. The van der Waals surface area contributed by atoms with E-state index in [4.69, 9.17) is 14.2 Å². The van der Waals surface area contributed by atoms with E-state index in [1.807, 2.05) is 26.8 Å². The molecule has 23 heavy (non-hydrogen) atoms. The van der Waals surface area contributed by atoms with Crippen molar-refractivity contribution < 1.29 is 19.0 Å². The van der Waals surface area contributed by atoms with Crippen LogP contribution in [0.1, 0.15) is 27.2 Å². The fraction of sp³-hybridized carbons (Fsp3) is 0.625. The lowest BCUT2D eigenvalue weighted by molar-refractivity contribution is 0.0284. The van der Waals surface area contributed by atoms with Gasteiger partial charge in [-0.2, -0.15) is 0 Å². The summed E-state index contributed by atoms with van der Waals surface area (Å²) in [5.74, 6) is 1.31. The maximum absolute atomic E-state index is 12.0. The number of hydrogen-bond donors (Lipinski definition) is 0. The molecule has 1 atom stereocenters. The summed E-state index contributed by atoms with van der Waals surface area (Å²) in [4.78, 5) is 18.0. The number of pyridine rings is 1. The lowest BCUT2D eigenvalue weighted by Gasteiger charge is -2.24. The summed E-state index contributed by atoms with van der Waals surface area (Å²) in [7, 11) is 1.58. The van der Waals surface area contributed by atoms with Crippen molar-refractivity contribution in [3.63, 3.8) is 0 Å². The molecule has 1 fully saturated rings. The van der Waals surface area contributed by atoms with Crippen molar-refractivity contribution in [1.82, 2.24) is 9.88 Å². The highest BCUT2D eigenvalue weighted by atomic mass is 79.9. The maximum atomic E-state index is 12.0. The number of methoxy groups -OCH3 is 1. The van der Waals surface area contributed by atoms with Crippen molar-refractivity contribution in [2.45, 2.75) is 32.8 Å². The van der Waals surface area contributed by atoms with Crippen LogP contribution in [0.2, 0.25) is 0 Å². The minimum atomic E-state index is -0.472. The number of carbonyl (C=O) groups is 1. The van der Waals surface area contributed by atoms with Gasteiger partial charge in [0.25, 0.3) is 5.88 Å². The van der Waals surface area contributed by atoms with E-state index in [0.717, 1.165) is 10.9 Å². The van der Waals surface area contributed by atoms with Crippen LogP contribution in [0.4, 0.5) is 4.79 Å². The number of carbonyl (C=O) groups excluding carboxylic acids is 1. The van der Waals surface area contributed by atoms with E-state index in [1.54, 1.807) is 18.2 Å². The van der Waals surface area contributed by atoms with Crippen LogP contribution >= 0.6 is 15.9 Å². The predicted octanol–water partition coefficient (Wildman–Crippen LogP) is 3.49. The van der Waals surface area contributed by atoms with Gasteiger partial charge in [0.05, 0.1) is 13.7 Å². The summed E-state index contributed by atoms with van der Waals surface area (Å²) in [6, 6.07) is 1.81. The van der Waals surface area contributed by atoms with Gasteiger partial charge in [0.1, 0.15) is 5.60 Å². The molecule has 1 saturated heterocycles. The number of likely N-dealkylation sites (tertiary alicyclic amines) is 1. The first-order valence-electron chi connectivity index (χ1n) is 7.59. The quantitative estimate of drug-likeness (QED) is 0.792. The van der Waals surface area contributed by atoms with Gasteiger partial charge in [-0.1, -0.05) is 0 Å². The molecule has 128 valence electrons. The number of nitrogens with zero attached hydrogens (tertiary/aromatic N) is 2. The first kappa shape index (κ1) is 17.8. The highest BCUT2D eigenvalue weighted by Gasteiger charge is 2.30. The molecule has 2 rings (SSSR count). The second-order valence-corrected chi connectivity index (χ2v) is 7.47. The summed E-state index contributed by atoms with van der Waals surface area (Å²) in [6.45, 7) is 7.42. The van der Waals surface area contributed by atoms with E-state index < -0.39 is 5.60 Å². The Morgan fingerprint density at radius 2 is 2.22 bits per heavy atom. The molecular formula is C16H23BrN2O4. The minimum absolute atomic E-state index is 0.262. The molecule has 1 aromatic heterocycles. The van der Waals surface area contributed by atoms with Gasteiger partial charge in [0, 0.05) is 35.7 Å². The second-order valence-electron chi connectivity index (χ2n) is 6.55. The Balaban J connectivity index is 1.86. The highest BCUT2D eigenvalue weighted by Crippen LogP contribution is 2.28. The fourth-order valence-electron chi connectivity index (χ4n) is 2.32. The summed E-state index contributed by atoms with van der Waals surface area (Å²) in [5, 5.41) is 0. The number of halogens is 1. The predicted molar refractivity (Wildman–Crippen MR) is 89.9 cm³/mol. The average molecular weight is 387 g/mol. The molecule has 0 saturated carbocycles. The van der Waals surface area contributed by atoms with Crippen molar-refractivity contribution >= 4 is 22.0 Å². The van der Waals surface area contributed by atoms with Gasteiger partial charge in [-0.25, -0.2) is 9.78 Å². The van der Waals surface area contributed by atoms with Crippen LogP contribution in [-0.4, -0.2) is 48.4 Å². The molecule has 0 aromatic carbocycles. The molecule has 0 N–H and O–H groups in total. The lowest BCUT2D eigenvalue weighted by Crippen LogP contribution is -2.35. The molecule has 1 aromatic rings. The standard InChI is InChI=1S/C16H23BrN2O4/c1-16(2,3)23-15(20)19-6-5-11(9-19)10-22-14-13(21-4)7-12(17)8-18-14/h7-8,11H,5-6,9-10H2,1-4H3/t11-/m0/s1. The van der Waals surface area contributed by atoms with Crippen LogP contribution in [0.3, 0.4) is 0 Å². The number of amides is 1. The van der Waals surface area contributed by atoms with Gasteiger partial charge in [-0.3, -0.25) is 0 Å². The maximum Gasteiger partial charge on any atom is 0.410 e. The van der Waals surface area contributed by atoms with Crippen molar-refractivity contribution in [1.29, 1.82) is 0 Å². The summed E-state index contributed by atoms with van der Waals surface area (Å²) >= 11 is 3.35. The van der Waals surface area contributed by atoms with Gasteiger partial charge in [0.2, 0.25) is 0 Å². The third kappa shape index (κ3) is 5.27. The molecule has 0 unspecified atom stereocenters. The van der Waals surface area contributed by atoms with Crippen LogP contribution in [0.25, 0.3) is 0 Å². The molecule has 0 bridgehead atoms. The Bertz CT molecular complexity index is 560. The van der Waals surface area contributed by atoms with Crippen molar-refractivity contribution in [2.75, 3.05) is 26.8 Å². The third-order valence-electron chi connectivity index (χ3n) is 3.40. The van der Waals surface area contributed by atoms with E-state index in [2.05, 4.69) is 20.9 Å². The van der Waals surface area contributed by atoms with Crippen LogP contribution in [0, 0.1) is 5.92 Å². The third-order valence-corrected chi connectivity index (χ3v) is 3.83. The van der Waals surface area contributed by atoms with E-state index in [-0.39, 0.29) is 12.0 Å². The van der Waals surface area contributed by atoms with Crippen molar-refractivity contribution in [2.24, 2.45) is 5.92 Å². The van der Waals surface area contributed by atoms with E-state index in [1.165, 1.54) is 0 Å². The van der Waals surface area contributed by atoms with Gasteiger partial charge in [-0.15, -0.1) is 0 Å². The zero-order chi connectivity index (χ0) is 17.0. The molecule has 6 nitrogen and oxygen atoms in total. The number of rotatable bonds is 4. The average Bonchev–Trinajstić information content (AvgIpc) is 2.93. The van der Waals surface area contributed by atoms with E-state index in [0.29, 0.717) is 31.3 Å². The molecular weight excluding hydrogens is 364 g/mol. The summed E-state index contributed by atoms with van der Waals surface area (Å²) in [5.41, 5.74) is -0.472.